The number of nitrogens with one attached hydrogen (secondary N) is 2. The minimum atomic E-state index is -3.99. The highest BCUT2D eigenvalue weighted by Gasteiger charge is 2.64. The summed E-state index contributed by atoms with van der Waals surface area (Å²) in [6.07, 6.45) is 12.3. The molecule has 1 aromatic carbocycles. The largest absolute Gasteiger partial charge is 0.497 e. The molecule has 1 spiro atoms. The Morgan fingerprint density at radius 3 is 2.52 bits per heavy atom. The third kappa shape index (κ3) is 7.47. The van der Waals surface area contributed by atoms with Gasteiger partial charge >= 0.3 is 5.97 Å². The molecule has 0 radical (unpaired) electrons. The van der Waals surface area contributed by atoms with Crippen molar-refractivity contribution in [3.63, 3.8) is 0 Å². The molecule has 1 aromatic heterocycles. The molecule has 6 aliphatic rings. The molecule has 3 amide bonds. The fourth-order valence-corrected chi connectivity index (χ4v) is 10.8. The van der Waals surface area contributed by atoms with Crippen LogP contribution >= 0.6 is 0 Å². The van der Waals surface area contributed by atoms with Crippen molar-refractivity contribution in [2.45, 2.75) is 157 Å². The fraction of sp³-hybridized carbons (Fsp3) is 0.659. The number of ether oxygens (including phenoxy) is 3. The van der Waals surface area contributed by atoms with Crippen molar-refractivity contribution in [2.24, 2.45) is 11.8 Å². The molecule has 4 heterocycles. The summed E-state index contributed by atoms with van der Waals surface area (Å²) >= 11 is 0. The maximum atomic E-state index is 15.0. The minimum Gasteiger partial charge on any atom is -0.497 e. The summed E-state index contributed by atoms with van der Waals surface area (Å²) in [5.41, 5.74) is -0.378. The Kier molecular flexibility index (Phi) is 10.4. The predicted octanol–water partition coefficient (Wildman–Crippen LogP) is 5.92. The van der Waals surface area contributed by atoms with Gasteiger partial charge in [-0.1, -0.05) is 38.8 Å². The SMILES string of the molecule is COc1ccc2nc(C(C)C)c3c(c2c1)CC[C@]1(C[C@H]2C(=O)N[C@]4(C(=O)NS(=O)(=O)C5(C)CC5)C[C@H]4/C=C\CCCCC[C@H](CC(=O)OC4(C)CCC4)C(=O)N2C1)O3. The number of hydrogen-bond acceptors (Lipinski definition) is 10. The molecule has 1 saturated heterocycles. The first-order valence-electron chi connectivity index (χ1n) is 21.3. The van der Waals surface area contributed by atoms with Crippen molar-refractivity contribution in [3.8, 4) is 11.5 Å². The van der Waals surface area contributed by atoms with E-state index < -0.39 is 67.2 Å². The lowest BCUT2D eigenvalue weighted by molar-refractivity contribution is -0.169. The molecular weight excluding hydrogens is 761 g/mol. The monoisotopic (exact) mass is 818 g/mol. The second-order valence-corrected chi connectivity index (χ2v) is 20.9. The summed E-state index contributed by atoms with van der Waals surface area (Å²) in [5.74, 6) is -1.85. The molecule has 58 heavy (non-hydrogen) atoms. The van der Waals surface area contributed by atoms with Crippen LogP contribution < -0.4 is 19.5 Å². The van der Waals surface area contributed by atoms with Crippen molar-refractivity contribution in [1.29, 1.82) is 0 Å². The van der Waals surface area contributed by atoms with Crippen molar-refractivity contribution in [1.82, 2.24) is 19.9 Å². The lowest BCUT2D eigenvalue weighted by Gasteiger charge is -2.38. The third-order valence-corrected chi connectivity index (χ3v) is 16.0. The average molecular weight is 819 g/mol. The number of esters is 1. The maximum absolute atomic E-state index is 15.0. The number of aromatic nitrogens is 1. The van der Waals surface area contributed by atoms with Crippen molar-refractivity contribution >= 4 is 44.6 Å². The van der Waals surface area contributed by atoms with Crippen LogP contribution in [0.5, 0.6) is 11.5 Å². The van der Waals surface area contributed by atoms with E-state index in [-0.39, 0.29) is 37.6 Å². The highest BCUT2D eigenvalue weighted by Crippen LogP contribution is 2.50. The van der Waals surface area contributed by atoms with Gasteiger partial charge in [-0.3, -0.25) is 23.9 Å². The summed E-state index contributed by atoms with van der Waals surface area (Å²) in [4.78, 5) is 63.9. The van der Waals surface area contributed by atoms with E-state index in [1.807, 2.05) is 37.3 Å². The molecule has 314 valence electrons. The van der Waals surface area contributed by atoms with Crippen LogP contribution in [0.15, 0.2) is 30.4 Å². The lowest BCUT2D eigenvalue weighted by Crippen LogP contribution is -2.57. The zero-order chi connectivity index (χ0) is 41.3. The van der Waals surface area contributed by atoms with Crippen LogP contribution in [0.1, 0.15) is 135 Å². The van der Waals surface area contributed by atoms with E-state index in [0.29, 0.717) is 50.0 Å². The number of sulfonamides is 1. The van der Waals surface area contributed by atoms with Gasteiger partial charge in [0, 0.05) is 29.2 Å². The third-order valence-electron chi connectivity index (χ3n) is 13.9. The normalized spacial score (nSPS) is 30.7. The Labute approximate surface area is 341 Å². The highest BCUT2D eigenvalue weighted by atomic mass is 32.2. The van der Waals surface area contributed by atoms with Crippen LogP contribution in [0, 0.1) is 11.8 Å². The predicted molar refractivity (Wildman–Crippen MR) is 217 cm³/mol. The zero-order valence-electron chi connectivity index (χ0n) is 34.5. The second kappa shape index (κ2) is 14.8. The van der Waals surface area contributed by atoms with E-state index in [4.69, 9.17) is 19.2 Å². The van der Waals surface area contributed by atoms with Crippen LogP contribution in [-0.4, -0.2) is 83.2 Å². The molecule has 14 heteroatoms. The van der Waals surface area contributed by atoms with Gasteiger partial charge in [0.25, 0.3) is 5.91 Å². The number of amides is 3. The van der Waals surface area contributed by atoms with E-state index in [2.05, 4.69) is 23.9 Å². The van der Waals surface area contributed by atoms with Crippen LogP contribution in [0.2, 0.25) is 0 Å². The number of benzene rings is 1. The van der Waals surface area contributed by atoms with E-state index in [1.54, 1.807) is 18.9 Å². The van der Waals surface area contributed by atoms with Crippen molar-refractivity contribution in [3.05, 3.63) is 41.6 Å². The molecule has 8 rings (SSSR count). The van der Waals surface area contributed by atoms with Gasteiger partial charge in [0.2, 0.25) is 21.8 Å². The quantitative estimate of drug-likeness (QED) is 0.241. The molecule has 0 bridgehead atoms. The summed E-state index contributed by atoms with van der Waals surface area (Å²) < 4.78 is 46.4. The minimum absolute atomic E-state index is 0.00696. The van der Waals surface area contributed by atoms with E-state index >= 15 is 0 Å². The number of hydrogen-bond donors (Lipinski definition) is 2. The summed E-state index contributed by atoms with van der Waals surface area (Å²) in [6, 6.07) is 4.74. The molecular formula is C44H58N4O9S. The van der Waals surface area contributed by atoms with Gasteiger partial charge in [-0.05, 0) is 109 Å². The standard InChI is InChI=1S/C44H58N4O9S/c1-27(2)36-37-31(32-23-30(55-5)14-15-33(32)45-36)16-19-43(57-37)25-34-38(50)46-44(40(52)47-58(53,54)42(4)20-21-42)24-29(44)13-10-8-6-7-9-12-28(39(51)48(34)26-43)22-35(49)56-41(3)17-11-18-41/h10,13-15,23,27-29,34H,6-9,11-12,16-22,24-26H2,1-5H3,(H,46,50)(H,47,52)/b13-10-/t28-,29-,34+,43-,44-/m1/s1. The highest BCUT2D eigenvalue weighted by molar-refractivity contribution is 7.91. The van der Waals surface area contributed by atoms with Crippen LogP contribution in [0.25, 0.3) is 10.9 Å². The smallest absolute Gasteiger partial charge is 0.307 e. The van der Waals surface area contributed by atoms with Gasteiger partial charge in [0.15, 0.2) is 0 Å². The van der Waals surface area contributed by atoms with E-state index in [1.165, 1.54) is 0 Å². The van der Waals surface area contributed by atoms with Gasteiger partial charge in [-0.25, -0.2) is 13.4 Å². The van der Waals surface area contributed by atoms with Gasteiger partial charge in [0.1, 0.15) is 34.3 Å². The Balaban J connectivity index is 1.15. The first kappa shape index (κ1) is 40.6. The Bertz CT molecular complexity index is 2160. The van der Waals surface area contributed by atoms with Crippen molar-refractivity contribution < 1.29 is 41.8 Å². The number of methoxy groups -OCH3 is 1. The summed E-state index contributed by atoms with van der Waals surface area (Å²) in [7, 11) is -2.36. The van der Waals surface area contributed by atoms with Crippen LogP contribution in [-0.2, 0) is 40.4 Å². The number of fused-ring (bicyclic) bond motifs is 5. The van der Waals surface area contributed by atoms with Gasteiger partial charge in [-0.2, -0.15) is 0 Å². The van der Waals surface area contributed by atoms with Gasteiger partial charge < -0.3 is 24.4 Å². The Hall–Kier alpha value is -4.20. The number of carbonyl (C=O) groups is 4. The zero-order valence-corrected chi connectivity index (χ0v) is 35.3. The second-order valence-electron chi connectivity index (χ2n) is 18.7. The average Bonchev–Trinajstić information content (AvgIpc) is 4.06. The molecule has 5 atom stereocenters. The molecule has 2 aromatic rings. The lowest BCUT2D eigenvalue weighted by atomic mass is 9.82. The number of carbonyl (C=O) groups excluding carboxylic acids is 4. The number of allylic oxidation sites excluding steroid dienone is 1. The number of nitrogens with zero attached hydrogens (tertiary/aromatic N) is 2. The molecule has 0 unspecified atom stereocenters. The Morgan fingerprint density at radius 2 is 1.83 bits per heavy atom. The van der Waals surface area contributed by atoms with Crippen LogP contribution in [0.4, 0.5) is 0 Å². The number of rotatable bonds is 8. The molecule has 2 N–H and O–H groups in total. The molecule has 4 fully saturated rings. The first-order chi connectivity index (χ1) is 27.5. The summed E-state index contributed by atoms with van der Waals surface area (Å²) in [5, 5.41) is 3.92. The maximum Gasteiger partial charge on any atom is 0.307 e. The van der Waals surface area contributed by atoms with Gasteiger partial charge in [-0.15, -0.1) is 0 Å². The van der Waals surface area contributed by atoms with E-state index in [0.717, 1.165) is 60.7 Å². The first-order valence-corrected chi connectivity index (χ1v) is 22.8. The molecule has 13 nitrogen and oxygen atoms in total. The Morgan fingerprint density at radius 1 is 1.05 bits per heavy atom. The molecule has 3 saturated carbocycles. The van der Waals surface area contributed by atoms with Gasteiger partial charge in [0.05, 0.1) is 36.0 Å². The topological polar surface area (TPSA) is 170 Å². The molecule has 3 aliphatic heterocycles. The van der Waals surface area contributed by atoms with E-state index in [9.17, 15) is 27.6 Å². The number of aryl methyl sites for hydroxylation is 1. The fourth-order valence-electron chi connectivity index (χ4n) is 9.48. The molecule has 3 aliphatic carbocycles. The summed E-state index contributed by atoms with van der Waals surface area (Å²) in [6.45, 7) is 7.74. The van der Waals surface area contributed by atoms with Crippen LogP contribution in [0.3, 0.4) is 0 Å². The number of pyridine rings is 1. The van der Waals surface area contributed by atoms with Crippen molar-refractivity contribution in [2.75, 3.05) is 13.7 Å².